The number of hydrogen-bond acceptors (Lipinski definition) is 4. The SMILES string of the molecule is CN=C(NCCCOCC1CC1)N1CCN(C(C)C(=O)N2CCCC2)CC1.I. The number of ether oxygens (including phenoxy) is 1. The highest BCUT2D eigenvalue weighted by Gasteiger charge is 2.30. The van der Waals surface area contributed by atoms with Crippen LogP contribution in [0.2, 0.25) is 0 Å². The zero-order valence-electron chi connectivity index (χ0n) is 17.6. The normalized spacial score (nSPS) is 22.1. The lowest BCUT2D eigenvalue weighted by molar-refractivity contribution is -0.135. The average molecular weight is 507 g/mol. The molecule has 1 N–H and O–H groups in total. The molecule has 0 aromatic heterocycles. The molecular formula is C20H38IN5O2. The first kappa shape index (κ1) is 23.7. The molecule has 0 bridgehead atoms. The van der Waals surface area contributed by atoms with Gasteiger partial charge in [-0.25, -0.2) is 0 Å². The van der Waals surface area contributed by atoms with Crippen LogP contribution in [0.4, 0.5) is 0 Å². The van der Waals surface area contributed by atoms with Crippen molar-refractivity contribution in [3.05, 3.63) is 0 Å². The van der Waals surface area contributed by atoms with Gasteiger partial charge in [0.25, 0.3) is 0 Å². The lowest BCUT2D eigenvalue weighted by Gasteiger charge is -2.39. The van der Waals surface area contributed by atoms with Crippen molar-refractivity contribution in [3.63, 3.8) is 0 Å². The van der Waals surface area contributed by atoms with Crippen LogP contribution >= 0.6 is 24.0 Å². The van der Waals surface area contributed by atoms with Crippen molar-refractivity contribution < 1.29 is 9.53 Å². The largest absolute Gasteiger partial charge is 0.381 e. The van der Waals surface area contributed by atoms with E-state index in [4.69, 9.17) is 4.74 Å². The number of nitrogens with one attached hydrogen (secondary N) is 1. The van der Waals surface area contributed by atoms with E-state index in [1.54, 1.807) is 0 Å². The van der Waals surface area contributed by atoms with E-state index in [9.17, 15) is 4.79 Å². The molecule has 3 fully saturated rings. The molecule has 3 rings (SSSR count). The first-order valence-electron chi connectivity index (χ1n) is 10.7. The first-order chi connectivity index (χ1) is 13.2. The Morgan fingerprint density at radius 1 is 1.11 bits per heavy atom. The fraction of sp³-hybridized carbons (Fsp3) is 0.900. The number of nitrogens with zero attached hydrogens (tertiary/aromatic N) is 4. The number of piperazine rings is 1. The molecule has 3 aliphatic rings. The summed E-state index contributed by atoms with van der Waals surface area (Å²) >= 11 is 0. The number of rotatable bonds is 8. The molecule has 2 aliphatic heterocycles. The standard InChI is InChI=1S/C20H37N5O2.HI/c1-17(19(26)24-9-3-4-10-24)23-11-13-25(14-12-23)20(21-2)22-8-5-15-27-16-18-6-7-18;/h17-18H,3-16H2,1-2H3,(H,21,22);1H. The molecule has 1 aliphatic carbocycles. The molecule has 0 radical (unpaired) electrons. The van der Waals surface area contributed by atoms with Gasteiger partial charge in [-0.3, -0.25) is 14.7 Å². The second-order valence-electron chi connectivity index (χ2n) is 8.08. The van der Waals surface area contributed by atoms with E-state index in [0.717, 1.165) is 90.2 Å². The highest BCUT2D eigenvalue weighted by atomic mass is 127. The number of hydrogen-bond donors (Lipinski definition) is 1. The van der Waals surface area contributed by atoms with Crippen LogP contribution in [0.3, 0.4) is 0 Å². The lowest BCUT2D eigenvalue weighted by atomic mass is 10.2. The summed E-state index contributed by atoms with van der Waals surface area (Å²) in [7, 11) is 1.85. The van der Waals surface area contributed by atoms with Crippen LogP contribution in [0.5, 0.6) is 0 Å². The van der Waals surface area contributed by atoms with Crippen molar-refractivity contribution in [3.8, 4) is 0 Å². The maximum absolute atomic E-state index is 12.6. The van der Waals surface area contributed by atoms with E-state index in [1.807, 2.05) is 11.9 Å². The number of carbonyl (C=O) groups excluding carboxylic acids is 1. The Hall–Kier alpha value is -0.610. The monoisotopic (exact) mass is 507 g/mol. The smallest absolute Gasteiger partial charge is 0.239 e. The molecule has 2 saturated heterocycles. The van der Waals surface area contributed by atoms with Gasteiger partial charge < -0.3 is 19.9 Å². The van der Waals surface area contributed by atoms with E-state index in [2.05, 4.69) is 27.0 Å². The van der Waals surface area contributed by atoms with Crippen molar-refractivity contribution in [2.75, 3.05) is 66.1 Å². The van der Waals surface area contributed by atoms with E-state index in [-0.39, 0.29) is 30.0 Å². The van der Waals surface area contributed by atoms with Crippen LogP contribution in [0.1, 0.15) is 39.0 Å². The summed E-state index contributed by atoms with van der Waals surface area (Å²) in [6, 6.07) is -0.0103. The Kier molecular flexibility index (Phi) is 10.3. The summed E-state index contributed by atoms with van der Waals surface area (Å²) in [5, 5.41) is 3.46. The molecule has 0 aromatic carbocycles. The van der Waals surface area contributed by atoms with E-state index in [0.29, 0.717) is 5.91 Å². The van der Waals surface area contributed by atoms with Gasteiger partial charge in [0, 0.05) is 66.1 Å². The molecule has 1 saturated carbocycles. The molecule has 1 atom stereocenters. The molecule has 1 amide bonds. The minimum absolute atomic E-state index is 0. The molecule has 7 nitrogen and oxygen atoms in total. The predicted molar refractivity (Wildman–Crippen MR) is 123 cm³/mol. The third kappa shape index (κ3) is 7.02. The molecule has 0 spiro atoms. The van der Waals surface area contributed by atoms with E-state index in [1.165, 1.54) is 12.8 Å². The second-order valence-corrected chi connectivity index (χ2v) is 8.08. The minimum Gasteiger partial charge on any atom is -0.381 e. The first-order valence-corrected chi connectivity index (χ1v) is 10.7. The van der Waals surface area contributed by atoms with Crippen molar-refractivity contribution in [2.24, 2.45) is 10.9 Å². The quantitative estimate of drug-likeness (QED) is 0.234. The molecule has 162 valence electrons. The second kappa shape index (κ2) is 12.2. The van der Waals surface area contributed by atoms with Crippen molar-refractivity contribution in [2.45, 2.75) is 45.1 Å². The third-order valence-corrected chi connectivity index (χ3v) is 5.95. The van der Waals surface area contributed by atoms with E-state index < -0.39 is 0 Å². The van der Waals surface area contributed by atoms with Gasteiger partial charge in [-0.15, -0.1) is 24.0 Å². The summed E-state index contributed by atoms with van der Waals surface area (Å²) in [4.78, 5) is 23.7. The Morgan fingerprint density at radius 2 is 1.79 bits per heavy atom. The summed E-state index contributed by atoms with van der Waals surface area (Å²) in [5.41, 5.74) is 0. The molecule has 1 unspecified atom stereocenters. The van der Waals surface area contributed by atoms with Crippen LogP contribution in [-0.2, 0) is 9.53 Å². The van der Waals surface area contributed by atoms with Gasteiger partial charge in [-0.2, -0.15) is 0 Å². The van der Waals surface area contributed by atoms with Gasteiger partial charge in [-0.05, 0) is 44.9 Å². The molecule has 2 heterocycles. The molecule has 8 heteroatoms. The van der Waals surface area contributed by atoms with Crippen LogP contribution in [0.25, 0.3) is 0 Å². The molecule has 28 heavy (non-hydrogen) atoms. The minimum atomic E-state index is -0.0103. The topological polar surface area (TPSA) is 60.4 Å². The fourth-order valence-electron chi connectivity index (χ4n) is 3.92. The number of carbonyl (C=O) groups is 1. The number of aliphatic imine (C=N–C) groups is 1. The summed E-state index contributed by atoms with van der Waals surface area (Å²) in [6.07, 6.45) is 6.00. The zero-order chi connectivity index (χ0) is 19.1. The van der Waals surface area contributed by atoms with Crippen molar-refractivity contribution in [1.29, 1.82) is 0 Å². The Balaban J connectivity index is 0.00000280. The Labute approximate surface area is 187 Å². The number of likely N-dealkylation sites (tertiary alicyclic amines) is 1. The van der Waals surface area contributed by atoms with Crippen LogP contribution in [-0.4, -0.2) is 98.7 Å². The maximum atomic E-state index is 12.6. The summed E-state index contributed by atoms with van der Waals surface area (Å²) in [5.74, 6) is 2.10. The third-order valence-electron chi connectivity index (χ3n) is 5.95. The van der Waals surface area contributed by atoms with E-state index >= 15 is 0 Å². The lowest BCUT2D eigenvalue weighted by Crippen LogP contribution is -2.57. The molecular weight excluding hydrogens is 469 g/mol. The summed E-state index contributed by atoms with van der Waals surface area (Å²) in [6.45, 7) is 10.2. The van der Waals surface area contributed by atoms with Gasteiger partial charge in [0.05, 0.1) is 6.04 Å². The molecule has 0 aromatic rings. The van der Waals surface area contributed by atoms with Gasteiger partial charge in [-0.1, -0.05) is 0 Å². The van der Waals surface area contributed by atoms with Crippen molar-refractivity contribution >= 4 is 35.8 Å². The average Bonchev–Trinajstić information content (AvgIpc) is 3.36. The van der Waals surface area contributed by atoms with Crippen LogP contribution in [0, 0.1) is 5.92 Å². The van der Waals surface area contributed by atoms with Gasteiger partial charge in [0.15, 0.2) is 5.96 Å². The highest BCUT2D eigenvalue weighted by Crippen LogP contribution is 2.28. The maximum Gasteiger partial charge on any atom is 0.239 e. The van der Waals surface area contributed by atoms with Crippen LogP contribution in [0.15, 0.2) is 4.99 Å². The predicted octanol–water partition coefficient (Wildman–Crippen LogP) is 1.62. The van der Waals surface area contributed by atoms with Gasteiger partial charge >= 0.3 is 0 Å². The Bertz CT molecular complexity index is 501. The fourth-order valence-corrected chi connectivity index (χ4v) is 3.92. The van der Waals surface area contributed by atoms with Crippen molar-refractivity contribution in [1.82, 2.24) is 20.0 Å². The number of halogens is 1. The summed E-state index contributed by atoms with van der Waals surface area (Å²) < 4.78 is 5.69. The highest BCUT2D eigenvalue weighted by molar-refractivity contribution is 14.0. The Morgan fingerprint density at radius 3 is 2.39 bits per heavy atom. The number of amides is 1. The zero-order valence-corrected chi connectivity index (χ0v) is 19.9. The van der Waals surface area contributed by atoms with Gasteiger partial charge in [0.2, 0.25) is 5.91 Å². The number of guanidine groups is 1. The van der Waals surface area contributed by atoms with Gasteiger partial charge in [0.1, 0.15) is 0 Å². The van der Waals surface area contributed by atoms with Crippen LogP contribution < -0.4 is 5.32 Å².